The van der Waals surface area contributed by atoms with E-state index < -0.39 is 0 Å². The van der Waals surface area contributed by atoms with E-state index in [2.05, 4.69) is 20.4 Å². The van der Waals surface area contributed by atoms with Crippen LogP contribution in [0, 0.1) is 0 Å². The van der Waals surface area contributed by atoms with Crippen LogP contribution in [0.4, 0.5) is 11.6 Å². The van der Waals surface area contributed by atoms with Crippen molar-refractivity contribution in [2.45, 2.75) is 0 Å². The topological polar surface area (TPSA) is 60.6 Å². The second-order valence-corrected chi connectivity index (χ2v) is 3.93. The smallest absolute Gasteiger partial charge is 0.229 e. The zero-order valence-corrected chi connectivity index (χ0v) is 9.62. The van der Waals surface area contributed by atoms with Gasteiger partial charge in [-0.25, -0.2) is 4.98 Å². The zero-order valence-electron chi connectivity index (χ0n) is 9.62. The van der Waals surface area contributed by atoms with E-state index in [9.17, 15) is 0 Å². The van der Waals surface area contributed by atoms with E-state index >= 15 is 0 Å². The van der Waals surface area contributed by atoms with Crippen LogP contribution < -0.4 is 5.32 Å². The van der Waals surface area contributed by atoms with Crippen LogP contribution in [0.25, 0.3) is 11.0 Å². The first-order valence-corrected chi connectivity index (χ1v) is 5.26. The maximum atomic E-state index is 4.44. The molecule has 86 valence electrons. The van der Waals surface area contributed by atoms with Crippen molar-refractivity contribution in [1.29, 1.82) is 0 Å². The van der Waals surface area contributed by atoms with Gasteiger partial charge in [-0.3, -0.25) is 4.68 Å². The Kier molecular flexibility index (Phi) is 2.07. The molecule has 6 heteroatoms. The first-order valence-electron chi connectivity index (χ1n) is 5.26. The van der Waals surface area contributed by atoms with Gasteiger partial charge in [0, 0.05) is 38.1 Å². The van der Waals surface area contributed by atoms with Gasteiger partial charge < -0.3 is 9.88 Å². The third-order valence-corrected chi connectivity index (χ3v) is 2.57. The molecule has 0 bridgehead atoms. The lowest BCUT2D eigenvalue weighted by Gasteiger charge is -2.02. The highest BCUT2D eigenvalue weighted by Crippen LogP contribution is 2.15. The van der Waals surface area contributed by atoms with Crippen molar-refractivity contribution >= 4 is 22.7 Å². The summed E-state index contributed by atoms with van der Waals surface area (Å²) in [4.78, 5) is 8.70. The molecule has 6 nitrogen and oxygen atoms in total. The molecule has 0 atom stereocenters. The van der Waals surface area contributed by atoms with E-state index in [-0.39, 0.29) is 0 Å². The molecule has 0 spiro atoms. The van der Waals surface area contributed by atoms with E-state index in [4.69, 9.17) is 0 Å². The molecule has 0 unspecified atom stereocenters. The van der Waals surface area contributed by atoms with Crippen molar-refractivity contribution in [3.05, 3.63) is 30.9 Å². The number of rotatable bonds is 2. The minimum atomic E-state index is 0.576. The quantitative estimate of drug-likeness (QED) is 0.721. The fourth-order valence-electron chi connectivity index (χ4n) is 1.72. The van der Waals surface area contributed by atoms with Crippen molar-refractivity contribution in [1.82, 2.24) is 24.3 Å². The molecule has 0 aliphatic rings. The molecule has 0 aromatic carbocycles. The molecule has 3 rings (SSSR count). The van der Waals surface area contributed by atoms with Gasteiger partial charge in [-0.15, -0.1) is 0 Å². The molecule has 0 aliphatic carbocycles. The van der Waals surface area contributed by atoms with E-state index in [0.717, 1.165) is 16.7 Å². The van der Waals surface area contributed by atoms with E-state index in [1.807, 2.05) is 37.1 Å². The van der Waals surface area contributed by atoms with Crippen LogP contribution in [0.5, 0.6) is 0 Å². The van der Waals surface area contributed by atoms with Crippen LogP contribution in [0.3, 0.4) is 0 Å². The summed E-state index contributed by atoms with van der Waals surface area (Å²) in [6, 6.07) is 1.99. The minimum absolute atomic E-state index is 0.576. The van der Waals surface area contributed by atoms with Gasteiger partial charge in [-0.2, -0.15) is 10.1 Å². The molecule has 0 saturated heterocycles. The molecular weight excluding hydrogens is 216 g/mol. The van der Waals surface area contributed by atoms with Gasteiger partial charge in [0.1, 0.15) is 5.65 Å². The highest BCUT2D eigenvalue weighted by atomic mass is 15.3. The first-order chi connectivity index (χ1) is 8.22. The largest absolute Gasteiger partial charge is 0.335 e. The summed E-state index contributed by atoms with van der Waals surface area (Å²) in [5, 5.41) is 8.22. The number of hydrogen-bond acceptors (Lipinski definition) is 4. The molecule has 0 aliphatic heterocycles. The van der Waals surface area contributed by atoms with Gasteiger partial charge in [0.2, 0.25) is 5.95 Å². The predicted octanol–water partition coefficient (Wildman–Crippen LogP) is 1.45. The Morgan fingerprint density at radius 2 is 2.12 bits per heavy atom. The summed E-state index contributed by atoms with van der Waals surface area (Å²) in [6.45, 7) is 0. The molecule has 17 heavy (non-hydrogen) atoms. The SMILES string of the molecule is Cn1cc(Nc2ncc3ccn(C)c3n2)cn1. The average Bonchev–Trinajstić information content (AvgIpc) is 2.87. The lowest BCUT2D eigenvalue weighted by atomic mass is 10.4. The normalized spacial score (nSPS) is 10.9. The summed E-state index contributed by atoms with van der Waals surface area (Å²) in [5.74, 6) is 0.576. The molecule has 0 fully saturated rings. The number of nitrogens with zero attached hydrogens (tertiary/aromatic N) is 5. The lowest BCUT2D eigenvalue weighted by molar-refractivity contribution is 0.768. The lowest BCUT2D eigenvalue weighted by Crippen LogP contribution is -1.97. The fourth-order valence-corrected chi connectivity index (χ4v) is 1.72. The summed E-state index contributed by atoms with van der Waals surface area (Å²) >= 11 is 0. The van der Waals surface area contributed by atoms with Gasteiger partial charge in [0.15, 0.2) is 0 Å². The Hall–Kier alpha value is -2.37. The Bertz CT molecular complexity index is 665. The van der Waals surface area contributed by atoms with Crippen molar-refractivity contribution in [2.24, 2.45) is 14.1 Å². The van der Waals surface area contributed by atoms with Crippen LogP contribution in [-0.2, 0) is 14.1 Å². The number of aryl methyl sites for hydroxylation is 2. The van der Waals surface area contributed by atoms with Crippen molar-refractivity contribution in [2.75, 3.05) is 5.32 Å². The summed E-state index contributed by atoms with van der Waals surface area (Å²) in [6.07, 6.45) is 7.38. The second-order valence-electron chi connectivity index (χ2n) is 3.93. The Balaban J connectivity index is 1.97. The van der Waals surface area contributed by atoms with Crippen molar-refractivity contribution in [3.63, 3.8) is 0 Å². The molecule has 0 amide bonds. The molecule has 3 heterocycles. The van der Waals surface area contributed by atoms with Gasteiger partial charge in [0.25, 0.3) is 0 Å². The number of aromatic nitrogens is 5. The Morgan fingerprint density at radius 1 is 1.24 bits per heavy atom. The van der Waals surface area contributed by atoms with Crippen molar-refractivity contribution < 1.29 is 0 Å². The standard InChI is InChI=1S/C11H12N6/c1-16-4-3-8-5-12-11(15-10(8)16)14-9-6-13-17(2)7-9/h3-7H,1-2H3,(H,12,14,15). The van der Waals surface area contributed by atoms with Gasteiger partial charge in [-0.05, 0) is 6.07 Å². The van der Waals surface area contributed by atoms with Crippen LogP contribution in [0.15, 0.2) is 30.9 Å². The van der Waals surface area contributed by atoms with E-state index in [1.165, 1.54) is 0 Å². The minimum Gasteiger partial charge on any atom is -0.335 e. The van der Waals surface area contributed by atoms with Crippen molar-refractivity contribution in [3.8, 4) is 0 Å². The second kappa shape index (κ2) is 3.58. The highest BCUT2D eigenvalue weighted by Gasteiger charge is 2.04. The van der Waals surface area contributed by atoms with Gasteiger partial charge in [0.05, 0.1) is 11.9 Å². The van der Waals surface area contributed by atoms with Gasteiger partial charge in [-0.1, -0.05) is 0 Å². The highest BCUT2D eigenvalue weighted by molar-refractivity contribution is 5.76. The maximum absolute atomic E-state index is 4.44. The van der Waals surface area contributed by atoms with Crippen LogP contribution in [0.2, 0.25) is 0 Å². The third-order valence-electron chi connectivity index (χ3n) is 2.57. The number of anilines is 2. The Labute approximate surface area is 97.9 Å². The number of nitrogens with one attached hydrogen (secondary N) is 1. The zero-order chi connectivity index (χ0) is 11.8. The average molecular weight is 228 g/mol. The van der Waals surface area contributed by atoms with Crippen LogP contribution in [0.1, 0.15) is 0 Å². The maximum Gasteiger partial charge on any atom is 0.229 e. The molecule has 1 N–H and O–H groups in total. The Morgan fingerprint density at radius 3 is 2.88 bits per heavy atom. The molecule has 3 aromatic heterocycles. The summed E-state index contributed by atoms with van der Waals surface area (Å²) in [7, 11) is 3.83. The molecule has 3 aromatic rings. The molecule has 0 saturated carbocycles. The fraction of sp³-hybridized carbons (Fsp3) is 0.182. The van der Waals surface area contributed by atoms with Crippen LogP contribution in [-0.4, -0.2) is 24.3 Å². The summed E-state index contributed by atoms with van der Waals surface area (Å²) < 4.78 is 3.69. The summed E-state index contributed by atoms with van der Waals surface area (Å²) in [5.41, 5.74) is 1.78. The van der Waals surface area contributed by atoms with E-state index in [1.54, 1.807) is 17.1 Å². The monoisotopic (exact) mass is 228 g/mol. The van der Waals surface area contributed by atoms with Gasteiger partial charge >= 0.3 is 0 Å². The molecular formula is C11H12N6. The van der Waals surface area contributed by atoms with Crippen LogP contribution >= 0.6 is 0 Å². The predicted molar refractivity (Wildman–Crippen MR) is 65.0 cm³/mol. The third kappa shape index (κ3) is 1.73. The first kappa shape index (κ1) is 9.83. The number of fused-ring (bicyclic) bond motifs is 1. The molecule has 0 radical (unpaired) electrons. The van der Waals surface area contributed by atoms with E-state index in [0.29, 0.717) is 5.95 Å². The number of hydrogen-bond donors (Lipinski definition) is 1.